The topological polar surface area (TPSA) is 49.6 Å². The quantitative estimate of drug-likeness (QED) is 0.656. The van der Waals surface area contributed by atoms with E-state index in [0.717, 1.165) is 43.4 Å². The molecule has 1 aliphatic rings. The van der Waals surface area contributed by atoms with Gasteiger partial charge < -0.3 is 0 Å². The lowest BCUT2D eigenvalue weighted by molar-refractivity contribution is 0.191. The maximum Gasteiger partial charge on any atom is 0.159 e. The molecule has 0 bridgehead atoms. The van der Waals surface area contributed by atoms with Crippen LogP contribution in [0.4, 0.5) is 8.78 Å². The van der Waals surface area contributed by atoms with Crippen LogP contribution >= 0.6 is 0 Å². The molecule has 3 nitrogen and oxygen atoms in total. The molecule has 5 heteroatoms. The van der Waals surface area contributed by atoms with Gasteiger partial charge in [-0.3, -0.25) is 0 Å². The van der Waals surface area contributed by atoms with Gasteiger partial charge in [0.15, 0.2) is 5.82 Å². The number of nitrogens with zero attached hydrogens (tertiary/aromatic N) is 3. The Morgan fingerprint density at radius 1 is 1.11 bits per heavy atom. The molecule has 2 aromatic rings. The number of hydrogen-bond donors (Lipinski definition) is 0. The van der Waals surface area contributed by atoms with E-state index in [1.165, 1.54) is 25.3 Å². The first-order valence-electron chi connectivity index (χ1n) is 9.74. The molecule has 1 unspecified atom stereocenters. The maximum atomic E-state index is 13.9. The highest BCUT2D eigenvalue weighted by atomic mass is 19.1. The van der Waals surface area contributed by atoms with E-state index in [9.17, 15) is 8.78 Å². The van der Waals surface area contributed by atoms with E-state index in [1.807, 2.05) is 12.4 Å². The molecule has 0 radical (unpaired) electrons. The van der Waals surface area contributed by atoms with Crippen molar-refractivity contribution in [2.45, 2.75) is 64.2 Å². The zero-order valence-electron chi connectivity index (χ0n) is 15.9. The van der Waals surface area contributed by atoms with Crippen LogP contribution in [0, 0.1) is 28.9 Å². The molecule has 1 fully saturated rings. The number of hydrogen-bond acceptors (Lipinski definition) is 3. The smallest absolute Gasteiger partial charge is 0.159 e. The van der Waals surface area contributed by atoms with Crippen LogP contribution in [0.2, 0.25) is 0 Å². The molecule has 1 atom stereocenters. The number of halogens is 2. The van der Waals surface area contributed by atoms with Crippen molar-refractivity contribution < 1.29 is 8.78 Å². The van der Waals surface area contributed by atoms with Gasteiger partial charge in [-0.25, -0.2) is 18.7 Å². The summed E-state index contributed by atoms with van der Waals surface area (Å²) in [6.07, 6.45) is 11.9. The fraction of sp³-hybridized carbons (Fsp3) is 0.500. The van der Waals surface area contributed by atoms with Crippen molar-refractivity contribution in [2.75, 3.05) is 0 Å². The lowest BCUT2D eigenvalue weighted by Crippen LogP contribution is -2.36. The predicted octanol–water partition coefficient (Wildman–Crippen LogP) is 5.93. The van der Waals surface area contributed by atoms with Crippen molar-refractivity contribution in [3.8, 4) is 17.5 Å². The fourth-order valence-corrected chi connectivity index (χ4v) is 4.50. The van der Waals surface area contributed by atoms with Gasteiger partial charge in [-0.2, -0.15) is 5.26 Å². The van der Waals surface area contributed by atoms with E-state index in [2.05, 4.69) is 23.8 Å². The van der Waals surface area contributed by atoms with Crippen molar-refractivity contribution in [2.24, 2.45) is 5.92 Å². The van der Waals surface area contributed by atoms with Gasteiger partial charge in [-0.05, 0) is 36.5 Å². The van der Waals surface area contributed by atoms with E-state index < -0.39 is 17.2 Å². The highest BCUT2D eigenvalue weighted by Gasteiger charge is 2.39. The van der Waals surface area contributed by atoms with Gasteiger partial charge in [-0.1, -0.05) is 46.0 Å². The van der Waals surface area contributed by atoms with Crippen molar-refractivity contribution in [1.82, 2.24) is 9.97 Å². The normalized spacial score (nSPS) is 17.3. The number of rotatable bonds is 5. The van der Waals surface area contributed by atoms with E-state index in [-0.39, 0.29) is 16.8 Å². The predicted molar refractivity (Wildman–Crippen MR) is 101 cm³/mol. The van der Waals surface area contributed by atoms with Crippen molar-refractivity contribution in [3.63, 3.8) is 0 Å². The van der Waals surface area contributed by atoms with Crippen LogP contribution in [-0.4, -0.2) is 9.97 Å². The Hall–Kier alpha value is -2.35. The summed E-state index contributed by atoms with van der Waals surface area (Å²) in [7, 11) is 0. The summed E-state index contributed by atoms with van der Waals surface area (Å²) >= 11 is 0. The van der Waals surface area contributed by atoms with Crippen LogP contribution in [0.1, 0.15) is 69.9 Å². The zero-order chi connectivity index (χ0) is 19.4. The molecule has 0 saturated heterocycles. The van der Waals surface area contributed by atoms with E-state index >= 15 is 0 Å². The summed E-state index contributed by atoms with van der Waals surface area (Å²) in [5.74, 6) is -0.960. The molecule has 1 heterocycles. The van der Waals surface area contributed by atoms with Gasteiger partial charge in [0.05, 0.1) is 0 Å². The molecule has 3 rings (SSSR count). The molecule has 0 N–H and O–H groups in total. The highest BCUT2D eigenvalue weighted by molar-refractivity contribution is 5.57. The third-order valence-electron chi connectivity index (χ3n) is 6.05. The van der Waals surface area contributed by atoms with Gasteiger partial charge in [0, 0.05) is 23.4 Å². The molecule has 1 aromatic heterocycles. The first-order chi connectivity index (χ1) is 13.0. The molecule has 1 aliphatic carbocycles. The Morgan fingerprint density at radius 3 is 2.22 bits per heavy atom. The second-order valence-corrected chi connectivity index (χ2v) is 7.63. The minimum absolute atomic E-state index is 0.0912. The highest BCUT2D eigenvalue weighted by Crippen LogP contribution is 2.46. The van der Waals surface area contributed by atoms with Gasteiger partial charge in [0.25, 0.3) is 0 Å². The van der Waals surface area contributed by atoms with Crippen LogP contribution in [0.15, 0.2) is 24.5 Å². The third kappa shape index (κ3) is 3.71. The largest absolute Gasteiger partial charge is 0.236 e. The Bertz CT molecular complexity index is 811. The minimum atomic E-state index is -0.888. The maximum absolute atomic E-state index is 13.9. The Labute approximate surface area is 159 Å². The second-order valence-electron chi connectivity index (χ2n) is 7.63. The first-order valence-corrected chi connectivity index (χ1v) is 9.74. The monoisotopic (exact) mass is 369 g/mol. The van der Waals surface area contributed by atoms with Crippen LogP contribution < -0.4 is 0 Å². The number of benzene rings is 1. The number of aromatic nitrogens is 2. The van der Waals surface area contributed by atoms with Crippen LogP contribution in [0.5, 0.6) is 0 Å². The molecule has 0 aliphatic heterocycles. The Kier molecular flexibility index (Phi) is 5.84. The molecular weight excluding hydrogens is 344 g/mol. The molecule has 0 amide bonds. The summed E-state index contributed by atoms with van der Waals surface area (Å²) in [4.78, 5) is 8.84. The summed E-state index contributed by atoms with van der Waals surface area (Å²) < 4.78 is 27.8. The summed E-state index contributed by atoms with van der Waals surface area (Å²) in [6.45, 7) is 4.52. The van der Waals surface area contributed by atoms with E-state index in [4.69, 9.17) is 5.26 Å². The van der Waals surface area contributed by atoms with Crippen molar-refractivity contribution in [3.05, 3.63) is 47.3 Å². The van der Waals surface area contributed by atoms with Gasteiger partial charge in [-0.15, -0.1) is 0 Å². The lowest BCUT2D eigenvalue weighted by atomic mass is 9.62. The standard InChI is InChI=1S/C22H25F2N3/c1-3-7-15(2)22(8-5-4-6-9-22)17-13-26-21(27-14-17)16-10-19(23)18(12-25)20(24)11-16/h10-11,13-15H,3-9H2,1-2H3. The van der Waals surface area contributed by atoms with Gasteiger partial charge >= 0.3 is 0 Å². The van der Waals surface area contributed by atoms with Crippen molar-refractivity contribution in [1.29, 1.82) is 5.26 Å². The molecule has 142 valence electrons. The zero-order valence-corrected chi connectivity index (χ0v) is 15.9. The Morgan fingerprint density at radius 2 is 1.70 bits per heavy atom. The van der Waals surface area contributed by atoms with Gasteiger partial charge in [0.2, 0.25) is 0 Å². The van der Waals surface area contributed by atoms with Crippen LogP contribution in [0.25, 0.3) is 11.4 Å². The van der Waals surface area contributed by atoms with Gasteiger partial charge in [0.1, 0.15) is 23.3 Å². The minimum Gasteiger partial charge on any atom is -0.236 e. The SMILES string of the molecule is CCCC(C)C1(c2cnc(-c3cc(F)c(C#N)c(F)c3)nc2)CCCCC1. The van der Waals surface area contributed by atoms with E-state index in [0.29, 0.717) is 5.92 Å². The average Bonchev–Trinajstić information content (AvgIpc) is 2.68. The fourth-order valence-electron chi connectivity index (χ4n) is 4.50. The van der Waals surface area contributed by atoms with E-state index in [1.54, 1.807) is 0 Å². The summed E-state index contributed by atoms with van der Waals surface area (Å²) in [5.41, 5.74) is 0.884. The number of nitriles is 1. The second kappa shape index (κ2) is 8.12. The molecule has 27 heavy (non-hydrogen) atoms. The summed E-state index contributed by atoms with van der Waals surface area (Å²) in [6, 6.07) is 3.77. The molecule has 1 aromatic carbocycles. The lowest BCUT2D eigenvalue weighted by Gasteiger charge is -2.42. The molecular formula is C22H25F2N3. The van der Waals surface area contributed by atoms with Crippen LogP contribution in [-0.2, 0) is 5.41 Å². The summed E-state index contributed by atoms with van der Waals surface area (Å²) in [5, 5.41) is 8.80. The average molecular weight is 369 g/mol. The van der Waals surface area contributed by atoms with Crippen molar-refractivity contribution >= 4 is 0 Å². The first kappa shape index (κ1) is 19.4. The Balaban J connectivity index is 1.95. The third-order valence-corrected chi connectivity index (χ3v) is 6.05. The molecule has 0 spiro atoms. The van der Waals surface area contributed by atoms with Crippen LogP contribution in [0.3, 0.4) is 0 Å². The molecule has 1 saturated carbocycles.